The minimum Gasteiger partial charge on any atom is -0.466 e. The van der Waals surface area contributed by atoms with Crippen molar-refractivity contribution in [3.05, 3.63) is 52.2 Å². The number of cyclic esters (lactones) is 1. The summed E-state index contributed by atoms with van der Waals surface area (Å²) in [5.74, 6) is -0.473. The van der Waals surface area contributed by atoms with Crippen LogP contribution in [0.15, 0.2) is 41.8 Å². The Balaban J connectivity index is 1.23. The minimum absolute atomic E-state index is 0.00298. The van der Waals surface area contributed by atoms with Gasteiger partial charge in [-0.15, -0.1) is 11.3 Å². The van der Waals surface area contributed by atoms with Crippen LogP contribution in [0.25, 0.3) is 0 Å². The second-order valence-electron chi connectivity index (χ2n) is 8.67. The van der Waals surface area contributed by atoms with Gasteiger partial charge in [0.2, 0.25) is 0 Å². The maximum absolute atomic E-state index is 12.5. The Hall–Kier alpha value is -3.28. The van der Waals surface area contributed by atoms with E-state index in [1.165, 1.54) is 11.3 Å². The fourth-order valence-electron chi connectivity index (χ4n) is 4.26. The summed E-state index contributed by atoms with van der Waals surface area (Å²) in [5.41, 5.74) is 1.24. The van der Waals surface area contributed by atoms with E-state index in [2.05, 4.69) is 15.1 Å². The number of hydrogen-bond acceptors (Lipinski definition) is 9. The Morgan fingerprint density at radius 3 is 2.53 bits per heavy atom. The molecule has 2 N–H and O–H groups in total. The van der Waals surface area contributed by atoms with Crippen molar-refractivity contribution < 1.29 is 23.9 Å². The Bertz CT molecular complexity index is 1070. The summed E-state index contributed by atoms with van der Waals surface area (Å²) < 4.78 is 10.6. The van der Waals surface area contributed by atoms with Gasteiger partial charge in [-0.2, -0.15) is 0 Å². The molecule has 3 heterocycles. The van der Waals surface area contributed by atoms with Crippen molar-refractivity contribution in [2.45, 2.75) is 19.4 Å². The molecule has 10 nitrogen and oxygen atoms in total. The third-order valence-electron chi connectivity index (χ3n) is 6.19. The molecule has 1 aromatic heterocycles. The summed E-state index contributed by atoms with van der Waals surface area (Å²) in [5, 5.41) is 12.6. The van der Waals surface area contributed by atoms with Gasteiger partial charge in [-0.3, -0.25) is 24.8 Å². The van der Waals surface area contributed by atoms with E-state index in [1.807, 2.05) is 12.3 Å². The summed E-state index contributed by atoms with van der Waals surface area (Å²) in [6, 6.07) is 10.4. The first-order valence-corrected chi connectivity index (χ1v) is 12.9. The lowest BCUT2D eigenvalue weighted by Crippen LogP contribution is -2.49. The van der Waals surface area contributed by atoms with Crippen molar-refractivity contribution in [2.75, 3.05) is 57.3 Å². The van der Waals surface area contributed by atoms with Crippen LogP contribution in [0.2, 0.25) is 0 Å². The summed E-state index contributed by atoms with van der Waals surface area (Å²) in [7, 11) is 0. The van der Waals surface area contributed by atoms with Gasteiger partial charge < -0.3 is 19.7 Å². The molecular formula is C25H31N5O5S. The van der Waals surface area contributed by atoms with Crippen LogP contribution in [0.3, 0.4) is 0 Å². The smallest absolute Gasteiger partial charge is 0.414 e. The first-order chi connectivity index (χ1) is 17.4. The van der Waals surface area contributed by atoms with Crippen LogP contribution in [0.5, 0.6) is 0 Å². The Morgan fingerprint density at radius 1 is 1.14 bits per heavy atom. The zero-order valence-corrected chi connectivity index (χ0v) is 21.1. The van der Waals surface area contributed by atoms with E-state index in [0.717, 1.165) is 26.2 Å². The van der Waals surface area contributed by atoms with E-state index in [9.17, 15) is 14.4 Å². The number of thiophene rings is 1. The molecule has 4 rings (SSSR count). The molecule has 0 aliphatic carbocycles. The van der Waals surface area contributed by atoms with Crippen LogP contribution in [0, 0.1) is 5.41 Å². The van der Waals surface area contributed by atoms with Crippen molar-refractivity contribution >= 4 is 40.8 Å². The molecule has 11 heteroatoms. The predicted octanol–water partition coefficient (Wildman–Crippen LogP) is 2.40. The molecule has 1 unspecified atom stereocenters. The summed E-state index contributed by atoms with van der Waals surface area (Å²) in [6.45, 7) is 7.45. The number of nitrogens with zero attached hydrogens (tertiary/aromatic N) is 3. The van der Waals surface area contributed by atoms with Crippen LogP contribution in [0.1, 0.15) is 28.6 Å². The van der Waals surface area contributed by atoms with E-state index in [-0.39, 0.29) is 29.9 Å². The normalized spacial score (nSPS) is 18.6. The third kappa shape index (κ3) is 6.68. The maximum atomic E-state index is 12.5. The zero-order valence-electron chi connectivity index (χ0n) is 20.3. The number of rotatable bonds is 9. The van der Waals surface area contributed by atoms with Crippen molar-refractivity contribution in [3.63, 3.8) is 0 Å². The Morgan fingerprint density at radius 2 is 1.86 bits per heavy atom. The highest BCUT2D eigenvalue weighted by Gasteiger charge is 2.34. The average Bonchev–Trinajstić information content (AvgIpc) is 3.54. The molecule has 0 radical (unpaired) electrons. The molecule has 0 spiro atoms. The maximum Gasteiger partial charge on any atom is 0.414 e. The molecule has 2 fully saturated rings. The quantitative estimate of drug-likeness (QED) is 0.301. The van der Waals surface area contributed by atoms with Gasteiger partial charge in [-0.25, -0.2) is 4.79 Å². The molecule has 0 saturated carbocycles. The van der Waals surface area contributed by atoms with E-state index in [0.29, 0.717) is 48.8 Å². The van der Waals surface area contributed by atoms with Crippen LogP contribution in [-0.2, 0) is 14.3 Å². The lowest BCUT2D eigenvalue weighted by molar-refractivity contribution is -0.143. The largest absolute Gasteiger partial charge is 0.466 e. The van der Waals surface area contributed by atoms with Gasteiger partial charge in [0.05, 0.1) is 24.4 Å². The van der Waals surface area contributed by atoms with Gasteiger partial charge in [0.15, 0.2) is 0 Å². The number of hydrogen-bond donors (Lipinski definition) is 2. The molecule has 1 aromatic carbocycles. The molecule has 192 valence electrons. The first-order valence-electron chi connectivity index (χ1n) is 12.0. The minimum atomic E-state index is -0.387. The van der Waals surface area contributed by atoms with E-state index in [4.69, 9.17) is 14.9 Å². The van der Waals surface area contributed by atoms with Crippen molar-refractivity contribution in [2.24, 2.45) is 0 Å². The van der Waals surface area contributed by atoms with Gasteiger partial charge in [-0.05, 0) is 42.6 Å². The molecule has 2 amide bonds. The Kier molecular flexibility index (Phi) is 8.68. The highest BCUT2D eigenvalue weighted by molar-refractivity contribution is 7.12. The van der Waals surface area contributed by atoms with Crippen molar-refractivity contribution in [3.8, 4) is 0 Å². The first kappa shape index (κ1) is 25.8. The van der Waals surface area contributed by atoms with Gasteiger partial charge in [0, 0.05) is 50.5 Å². The topological polar surface area (TPSA) is 115 Å². The molecular weight excluding hydrogens is 482 g/mol. The highest BCUT2D eigenvalue weighted by atomic mass is 32.1. The second kappa shape index (κ2) is 12.1. The Labute approximate surface area is 214 Å². The molecule has 2 aromatic rings. The van der Waals surface area contributed by atoms with Crippen LogP contribution >= 0.6 is 11.3 Å². The van der Waals surface area contributed by atoms with Crippen LogP contribution in [-0.4, -0.2) is 92.1 Å². The highest BCUT2D eigenvalue weighted by Crippen LogP contribution is 2.23. The number of benzene rings is 1. The number of carbonyl (C=O) groups excluding carboxylic acids is 3. The predicted molar refractivity (Wildman–Crippen MR) is 137 cm³/mol. The summed E-state index contributed by atoms with van der Waals surface area (Å²) in [4.78, 5) is 42.9. The van der Waals surface area contributed by atoms with Gasteiger partial charge in [0.25, 0.3) is 5.91 Å². The standard InChI is InChI=1S/C25H31N5O5S/c1-2-34-22(31)9-10-28-11-13-29(14-12-28)16-20-17-30(25(33)35-20)19-7-5-18(6-8-19)23(26)27-24(32)21-4-3-15-36-21/h3-8,15,20H,2,9-14,16-17H2,1H3,(H2,26,27,32). The van der Waals surface area contributed by atoms with Crippen molar-refractivity contribution in [1.82, 2.24) is 15.1 Å². The summed E-state index contributed by atoms with van der Waals surface area (Å²) >= 11 is 1.32. The number of esters is 1. The molecule has 2 aliphatic rings. The van der Waals surface area contributed by atoms with Gasteiger partial charge >= 0.3 is 12.1 Å². The number of carbonyl (C=O) groups is 3. The fraction of sp³-hybridized carbons (Fsp3) is 0.440. The SMILES string of the molecule is CCOC(=O)CCN1CCN(CC2CN(c3ccc(C(=N)NC(=O)c4cccs4)cc3)C(=O)O2)CC1. The monoisotopic (exact) mass is 513 g/mol. The summed E-state index contributed by atoms with van der Waals surface area (Å²) in [6.07, 6.45) is -0.212. The van der Waals surface area contributed by atoms with Crippen LogP contribution in [0.4, 0.5) is 10.5 Å². The average molecular weight is 514 g/mol. The molecule has 1 atom stereocenters. The number of amides is 2. The van der Waals surface area contributed by atoms with E-state index >= 15 is 0 Å². The van der Waals surface area contributed by atoms with E-state index < -0.39 is 0 Å². The molecule has 0 bridgehead atoms. The lowest BCUT2D eigenvalue weighted by atomic mass is 10.1. The second-order valence-corrected chi connectivity index (χ2v) is 9.61. The molecule has 2 aliphatic heterocycles. The van der Waals surface area contributed by atoms with Gasteiger partial charge in [0.1, 0.15) is 11.9 Å². The van der Waals surface area contributed by atoms with Crippen molar-refractivity contribution in [1.29, 1.82) is 5.41 Å². The number of nitrogens with one attached hydrogen (secondary N) is 2. The van der Waals surface area contributed by atoms with Crippen LogP contribution < -0.4 is 10.2 Å². The molecule has 36 heavy (non-hydrogen) atoms. The molecule has 2 saturated heterocycles. The number of amidine groups is 1. The van der Waals surface area contributed by atoms with Gasteiger partial charge in [-0.1, -0.05) is 6.07 Å². The zero-order chi connectivity index (χ0) is 25.5. The lowest BCUT2D eigenvalue weighted by Gasteiger charge is -2.35. The number of anilines is 1. The number of ether oxygens (including phenoxy) is 2. The third-order valence-corrected chi connectivity index (χ3v) is 7.06. The fourth-order valence-corrected chi connectivity index (χ4v) is 4.88. The van der Waals surface area contributed by atoms with E-state index in [1.54, 1.807) is 41.3 Å². The number of piperazine rings is 1.